The normalized spacial score (nSPS) is 25.0. The van der Waals surface area contributed by atoms with Crippen molar-refractivity contribution in [1.82, 2.24) is 0 Å². The molecule has 1 saturated carbocycles. The maximum Gasteiger partial charge on any atom is 0.0931 e. The molecular weight excluding hydrogens is 262 g/mol. The second-order valence-corrected chi connectivity index (χ2v) is 9.40. The average molecular weight is 286 g/mol. The van der Waals surface area contributed by atoms with Gasteiger partial charge in [-0.25, -0.2) is 0 Å². The van der Waals surface area contributed by atoms with Crippen molar-refractivity contribution < 1.29 is 0 Å². The molecule has 0 saturated heterocycles. The van der Waals surface area contributed by atoms with Gasteiger partial charge in [0.05, 0.1) is 4.34 Å². The van der Waals surface area contributed by atoms with Gasteiger partial charge in [0.25, 0.3) is 0 Å². The van der Waals surface area contributed by atoms with Gasteiger partial charge >= 0.3 is 0 Å². The Morgan fingerprint density at radius 2 is 1.67 bits per heavy atom. The van der Waals surface area contributed by atoms with E-state index in [2.05, 4.69) is 33.8 Å². The van der Waals surface area contributed by atoms with Gasteiger partial charge in [0.15, 0.2) is 0 Å². The number of thiophene rings is 1. The summed E-state index contributed by atoms with van der Waals surface area (Å²) in [5.41, 5.74) is 7.29. The molecule has 0 bridgehead atoms. The number of hydrogen-bond donors (Lipinski definition) is 1. The number of nitrogens with two attached hydrogens (primary N) is 1. The molecular formula is C15H24ClNS. The molecule has 1 fully saturated rings. The first-order chi connectivity index (χ1) is 8.09. The van der Waals surface area contributed by atoms with Crippen molar-refractivity contribution in [3.8, 4) is 0 Å². The first kappa shape index (κ1) is 14.4. The molecule has 0 atom stereocenters. The van der Waals surface area contributed by atoms with E-state index in [9.17, 15) is 0 Å². The average Bonchev–Trinajstić information content (AvgIpc) is 2.42. The van der Waals surface area contributed by atoms with Crippen molar-refractivity contribution >= 4 is 22.9 Å². The molecule has 2 rings (SSSR count). The molecule has 0 amide bonds. The minimum atomic E-state index is -0.0839. The van der Waals surface area contributed by atoms with Gasteiger partial charge in [-0.15, -0.1) is 11.3 Å². The van der Waals surface area contributed by atoms with Crippen LogP contribution in [0, 0.1) is 10.8 Å². The van der Waals surface area contributed by atoms with Crippen molar-refractivity contribution in [3.05, 3.63) is 21.3 Å². The van der Waals surface area contributed by atoms with Crippen LogP contribution in [0.25, 0.3) is 0 Å². The molecule has 0 aliphatic heterocycles. The summed E-state index contributed by atoms with van der Waals surface area (Å²) in [4.78, 5) is 1.32. The Hall–Kier alpha value is -0.0500. The summed E-state index contributed by atoms with van der Waals surface area (Å²) in [7, 11) is 0. The number of hydrogen-bond acceptors (Lipinski definition) is 2. The third-order valence-corrected chi connectivity index (χ3v) is 5.00. The van der Waals surface area contributed by atoms with Gasteiger partial charge in [0.2, 0.25) is 0 Å². The Morgan fingerprint density at radius 3 is 2.11 bits per heavy atom. The molecule has 1 aromatic heterocycles. The van der Waals surface area contributed by atoms with E-state index < -0.39 is 0 Å². The molecule has 0 radical (unpaired) electrons. The summed E-state index contributed by atoms with van der Waals surface area (Å²) < 4.78 is 0.864. The highest BCUT2D eigenvalue weighted by Gasteiger charge is 2.45. The van der Waals surface area contributed by atoms with E-state index in [0.717, 1.165) is 23.6 Å². The molecule has 1 nitrogen and oxygen atoms in total. The van der Waals surface area contributed by atoms with E-state index in [-0.39, 0.29) is 5.54 Å². The second-order valence-electron chi connectivity index (χ2n) is 7.60. The standard InChI is InChI=1S/C15H24ClNS/c1-13(2)8-14(3,4)10-15(17,9-13)7-11-5-6-12(16)18-11/h5-6H,7-10,17H2,1-4H3. The van der Waals surface area contributed by atoms with Crippen LogP contribution in [0.4, 0.5) is 0 Å². The summed E-state index contributed by atoms with van der Waals surface area (Å²) in [5, 5.41) is 0. The van der Waals surface area contributed by atoms with Gasteiger partial charge in [-0.05, 0) is 48.6 Å². The minimum absolute atomic E-state index is 0.0839. The zero-order valence-corrected chi connectivity index (χ0v) is 13.4. The summed E-state index contributed by atoms with van der Waals surface area (Å²) in [6.45, 7) is 9.38. The highest BCUT2D eigenvalue weighted by atomic mass is 35.5. The SMILES string of the molecule is CC1(C)CC(C)(C)CC(N)(Cc2ccc(Cl)s2)C1. The molecule has 3 heteroatoms. The van der Waals surface area contributed by atoms with Crippen LogP contribution in [0.3, 0.4) is 0 Å². The third-order valence-electron chi connectivity index (χ3n) is 3.77. The highest BCUT2D eigenvalue weighted by molar-refractivity contribution is 7.16. The Morgan fingerprint density at radius 1 is 1.11 bits per heavy atom. The monoisotopic (exact) mass is 285 g/mol. The predicted octanol–water partition coefficient (Wildman–Crippen LogP) is 4.88. The molecule has 0 unspecified atom stereocenters. The number of halogens is 1. The van der Waals surface area contributed by atoms with Crippen molar-refractivity contribution in [2.75, 3.05) is 0 Å². The van der Waals surface area contributed by atoms with Crippen LogP contribution in [0.15, 0.2) is 12.1 Å². The van der Waals surface area contributed by atoms with Crippen LogP contribution in [0.1, 0.15) is 51.8 Å². The van der Waals surface area contributed by atoms with Gasteiger partial charge in [-0.3, -0.25) is 0 Å². The molecule has 2 N–H and O–H groups in total. The molecule has 18 heavy (non-hydrogen) atoms. The lowest BCUT2D eigenvalue weighted by molar-refractivity contribution is 0.0491. The number of rotatable bonds is 2. The largest absolute Gasteiger partial charge is 0.325 e. The molecule has 102 valence electrons. The van der Waals surface area contributed by atoms with Gasteiger partial charge in [-0.2, -0.15) is 0 Å². The lowest BCUT2D eigenvalue weighted by Gasteiger charge is -2.50. The molecule has 0 aromatic carbocycles. The van der Waals surface area contributed by atoms with Crippen LogP contribution >= 0.6 is 22.9 Å². The maximum absolute atomic E-state index is 6.72. The van der Waals surface area contributed by atoms with Crippen molar-refractivity contribution in [2.24, 2.45) is 16.6 Å². The van der Waals surface area contributed by atoms with E-state index >= 15 is 0 Å². The van der Waals surface area contributed by atoms with Crippen LogP contribution < -0.4 is 5.73 Å². The second kappa shape index (κ2) is 4.50. The Balaban J connectivity index is 2.19. The van der Waals surface area contributed by atoms with Gasteiger partial charge in [-0.1, -0.05) is 39.3 Å². The van der Waals surface area contributed by atoms with Crippen molar-refractivity contribution in [1.29, 1.82) is 0 Å². The minimum Gasteiger partial charge on any atom is -0.325 e. The lowest BCUT2D eigenvalue weighted by Crippen LogP contribution is -2.53. The Labute approximate surface area is 120 Å². The lowest BCUT2D eigenvalue weighted by atomic mass is 9.58. The van der Waals surface area contributed by atoms with Gasteiger partial charge in [0.1, 0.15) is 0 Å². The van der Waals surface area contributed by atoms with Crippen LogP contribution in [0.5, 0.6) is 0 Å². The Bertz CT molecular complexity index is 417. The first-order valence-corrected chi connectivity index (χ1v) is 7.82. The van der Waals surface area contributed by atoms with Gasteiger partial charge < -0.3 is 5.73 Å². The summed E-state index contributed by atoms with van der Waals surface area (Å²) in [6.07, 6.45) is 4.40. The fraction of sp³-hybridized carbons (Fsp3) is 0.733. The maximum atomic E-state index is 6.72. The fourth-order valence-corrected chi connectivity index (χ4v) is 5.55. The molecule has 1 heterocycles. The first-order valence-electron chi connectivity index (χ1n) is 6.63. The van der Waals surface area contributed by atoms with Crippen LogP contribution in [-0.2, 0) is 6.42 Å². The van der Waals surface area contributed by atoms with E-state index in [1.807, 2.05) is 6.07 Å². The topological polar surface area (TPSA) is 26.0 Å². The summed E-state index contributed by atoms with van der Waals surface area (Å²) >= 11 is 7.68. The van der Waals surface area contributed by atoms with E-state index in [4.69, 9.17) is 17.3 Å². The van der Waals surface area contributed by atoms with E-state index in [0.29, 0.717) is 10.8 Å². The fourth-order valence-electron chi connectivity index (χ4n) is 4.31. The molecule has 1 aliphatic carbocycles. The van der Waals surface area contributed by atoms with Gasteiger partial charge in [0, 0.05) is 10.4 Å². The van der Waals surface area contributed by atoms with Crippen molar-refractivity contribution in [3.63, 3.8) is 0 Å². The molecule has 1 aromatic rings. The summed E-state index contributed by atoms with van der Waals surface area (Å²) in [5.74, 6) is 0. The van der Waals surface area contributed by atoms with E-state index in [1.54, 1.807) is 11.3 Å². The quantitative estimate of drug-likeness (QED) is 0.823. The van der Waals surface area contributed by atoms with E-state index in [1.165, 1.54) is 11.3 Å². The van der Waals surface area contributed by atoms with Crippen LogP contribution in [0.2, 0.25) is 4.34 Å². The highest BCUT2D eigenvalue weighted by Crippen LogP contribution is 2.50. The predicted molar refractivity (Wildman–Crippen MR) is 81.4 cm³/mol. The molecule has 1 aliphatic rings. The summed E-state index contributed by atoms with van der Waals surface area (Å²) in [6, 6.07) is 4.10. The smallest absolute Gasteiger partial charge is 0.0931 e. The Kier molecular flexibility index (Phi) is 3.59. The third kappa shape index (κ3) is 3.49. The van der Waals surface area contributed by atoms with Crippen LogP contribution in [-0.4, -0.2) is 5.54 Å². The van der Waals surface area contributed by atoms with Crippen molar-refractivity contribution in [2.45, 2.75) is 58.9 Å². The zero-order valence-electron chi connectivity index (χ0n) is 11.8. The zero-order chi connectivity index (χ0) is 13.6. The molecule has 0 spiro atoms.